The van der Waals surface area contributed by atoms with Gasteiger partial charge in [0.2, 0.25) is 5.91 Å². The number of rotatable bonds is 3. The van der Waals surface area contributed by atoms with Crippen LogP contribution in [0.15, 0.2) is 53.7 Å². The summed E-state index contributed by atoms with van der Waals surface area (Å²) in [5.41, 5.74) is 4.76. The number of hydrogen-bond acceptors (Lipinski definition) is 2. The number of amides is 1. The molecule has 150 valence electrons. The van der Waals surface area contributed by atoms with Crippen LogP contribution in [0.5, 0.6) is 0 Å². The second-order valence-electron chi connectivity index (χ2n) is 8.22. The first-order valence-corrected chi connectivity index (χ1v) is 10.7. The van der Waals surface area contributed by atoms with E-state index in [2.05, 4.69) is 43.4 Å². The Balaban J connectivity index is 1.68. The van der Waals surface area contributed by atoms with Gasteiger partial charge in [0.25, 0.3) is 0 Å². The maximum atomic E-state index is 13.2. The molecule has 0 bridgehead atoms. The van der Waals surface area contributed by atoms with E-state index in [-0.39, 0.29) is 23.5 Å². The Bertz CT molecular complexity index is 1010. The van der Waals surface area contributed by atoms with E-state index in [0.717, 1.165) is 22.4 Å². The number of carbonyl (C=O) groups excluding carboxylic acids is 2. The van der Waals surface area contributed by atoms with Crippen LogP contribution in [-0.2, 0) is 9.59 Å². The van der Waals surface area contributed by atoms with Gasteiger partial charge in [-0.3, -0.25) is 9.59 Å². The fourth-order valence-corrected chi connectivity index (χ4v) is 4.67. The predicted molar refractivity (Wildman–Crippen MR) is 117 cm³/mol. The van der Waals surface area contributed by atoms with Crippen molar-refractivity contribution in [2.45, 2.75) is 50.9 Å². The number of halogens is 2. The summed E-state index contributed by atoms with van der Waals surface area (Å²) in [4.78, 5) is 25.6. The van der Waals surface area contributed by atoms with E-state index in [1.54, 1.807) is 6.07 Å². The quantitative estimate of drug-likeness (QED) is 0.640. The Morgan fingerprint density at radius 3 is 2.24 bits per heavy atom. The van der Waals surface area contributed by atoms with Crippen molar-refractivity contribution in [2.24, 2.45) is 0 Å². The Hall–Kier alpha value is -2.10. The summed E-state index contributed by atoms with van der Waals surface area (Å²) in [6, 6.07) is 13.8. The summed E-state index contributed by atoms with van der Waals surface area (Å²) in [6.07, 6.45) is 1.33. The Labute approximate surface area is 181 Å². The van der Waals surface area contributed by atoms with Crippen molar-refractivity contribution < 1.29 is 9.59 Å². The van der Waals surface area contributed by atoms with E-state index in [4.69, 9.17) is 23.2 Å². The summed E-state index contributed by atoms with van der Waals surface area (Å²) in [6.45, 7) is 4.30. The molecule has 1 amide bonds. The molecule has 3 nitrogen and oxygen atoms in total. The van der Waals surface area contributed by atoms with Crippen molar-refractivity contribution in [2.75, 3.05) is 0 Å². The zero-order chi connectivity index (χ0) is 20.7. The summed E-state index contributed by atoms with van der Waals surface area (Å²) in [7, 11) is 0. The molecule has 0 saturated heterocycles. The fourth-order valence-electron chi connectivity index (χ4n) is 4.36. The monoisotopic (exact) mass is 427 g/mol. The van der Waals surface area contributed by atoms with E-state index >= 15 is 0 Å². The number of ketones is 1. The SMILES string of the molecule is CC(C)c1ccc(C2CC(=O)NC3=C2C(=O)CC(c2ccc(Cl)c(Cl)c2)C3)cc1. The van der Waals surface area contributed by atoms with E-state index in [9.17, 15) is 9.59 Å². The molecule has 2 atom stereocenters. The Kier molecular flexibility index (Phi) is 5.54. The molecule has 29 heavy (non-hydrogen) atoms. The third-order valence-electron chi connectivity index (χ3n) is 5.96. The van der Waals surface area contributed by atoms with E-state index in [0.29, 0.717) is 35.2 Å². The number of carbonyl (C=O) groups is 2. The highest BCUT2D eigenvalue weighted by Crippen LogP contribution is 2.43. The third-order valence-corrected chi connectivity index (χ3v) is 6.70. The number of nitrogens with one attached hydrogen (secondary N) is 1. The van der Waals surface area contributed by atoms with Crippen LogP contribution in [-0.4, -0.2) is 11.7 Å². The van der Waals surface area contributed by atoms with E-state index in [1.807, 2.05) is 12.1 Å². The van der Waals surface area contributed by atoms with Gasteiger partial charge in [0.1, 0.15) is 0 Å². The van der Waals surface area contributed by atoms with Gasteiger partial charge in [-0.15, -0.1) is 0 Å². The van der Waals surface area contributed by atoms with Crippen molar-refractivity contribution in [3.8, 4) is 0 Å². The lowest BCUT2D eigenvalue weighted by molar-refractivity contribution is -0.122. The van der Waals surface area contributed by atoms with Crippen LogP contribution < -0.4 is 5.32 Å². The lowest BCUT2D eigenvalue weighted by Crippen LogP contribution is -2.38. The molecule has 1 N–H and O–H groups in total. The molecule has 0 aromatic heterocycles. The highest BCUT2D eigenvalue weighted by molar-refractivity contribution is 6.42. The first-order valence-electron chi connectivity index (χ1n) is 9.94. The average Bonchev–Trinajstić information content (AvgIpc) is 2.69. The van der Waals surface area contributed by atoms with Gasteiger partial charge < -0.3 is 5.32 Å². The minimum absolute atomic E-state index is 0.0154. The molecule has 1 aliphatic heterocycles. The lowest BCUT2D eigenvalue weighted by atomic mass is 9.73. The van der Waals surface area contributed by atoms with Crippen LogP contribution in [0.25, 0.3) is 0 Å². The summed E-state index contributed by atoms with van der Waals surface area (Å²) >= 11 is 12.2. The molecule has 1 aliphatic carbocycles. The maximum Gasteiger partial charge on any atom is 0.225 e. The maximum absolute atomic E-state index is 13.2. The normalized spacial score (nSPS) is 22.0. The van der Waals surface area contributed by atoms with Gasteiger partial charge in [0, 0.05) is 30.0 Å². The van der Waals surface area contributed by atoms with Gasteiger partial charge in [-0.2, -0.15) is 0 Å². The zero-order valence-electron chi connectivity index (χ0n) is 16.5. The molecule has 1 heterocycles. The molecule has 5 heteroatoms. The van der Waals surface area contributed by atoms with Crippen LogP contribution in [0.4, 0.5) is 0 Å². The van der Waals surface area contributed by atoms with Crippen LogP contribution in [0.2, 0.25) is 10.0 Å². The zero-order valence-corrected chi connectivity index (χ0v) is 18.0. The van der Waals surface area contributed by atoms with Crippen molar-refractivity contribution in [3.63, 3.8) is 0 Å². The van der Waals surface area contributed by atoms with Gasteiger partial charge in [0.05, 0.1) is 10.0 Å². The largest absolute Gasteiger partial charge is 0.329 e. The third kappa shape index (κ3) is 3.99. The predicted octanol–water partition coefficient (Wildman–Crippen LogP) is 6.12. The Morgan fingerprint density at radius 1 is 0.897 bits per heavy atom. The van der Waals surface area contributed by atoms with Gasteiger partial charge in [-0.25, -0.2) is 0 Å². The van der Waals surface area contributed by atoms with Crippen LogP contribution >= 0.6 is 23.2 Å². The first-order chi connectivity index (χ1) is 13.8. The lowest BCUT2D eigenvalue weighted by Gasteiger charge is -2.34. The molecule has 0 spiro atoms. The second-order valence-corrected chi connectivity index (χ2v) is 9.03. The smallest absolute Gasteiger partial charge is 0.225 e. The fraction of sp³-hybridized carbons (Fsp3) is 0.333. The van der Waals surface area contributed by atoms with Gasteiger partial charge in [0.15, 0.2) is 5.78 Å². The molecule has 0 fully saturated rings. The molecular weight excluding hydrogens is 405 g/mol. The minimum Gasteiger partial charge on any atom is -0.329 e. The highest BCUT2D eigenvalue weighted by Gasteiger charge is 2.38. The number of hydrogen-bond donors (Lipinski definition) is 1. The van der Waals surface area contributed by atoms with Crippen LogP contribution in [0, 0.1) is 0 Å². The van der Waals surface area contributed by atoms with Gasteiger partial charge >= 0.3 is 0 Å². The van der Waals surface area contributed by atoms with Gasteiger partial charge in [-0.1, -0.05) is 67.4 Å². The number of Topliss-reactive ketones (excluding diaryl/α,β-unsaturated/α-hetero) is 1. The first kappa shape index (κ1) is 20.2. The highest BCUT2D eigenvalue weighted by atomic mass is 35.5. The molecule has 2 aromatic carbocycles. The second kappa shape index (κ2) is 7.97. The molecule has 2 aromatic rings. The number of benzene rings is 2. The molecule has 0 radical (unpaired) electrons. The summed E-state index contributed by atoms with van der Waals surface area (Å²) in [5, 5.41) is 3.94. The average molecular weight is 428 g/mol. The Morgan fingerprint density at radius 2 is 1.59 bits per heavy atom. The number of allylic oxidation sites excluding steroid dienone is 2. The molecule has 4 rings (SSSR count). The van der Waals surface area contributed by atoms with Crippen molar-refractivity contribution in [1.82, 2.24) is 5.32 Å². The minimum atomic E-state index is -0.179. The summed E-state index contributed by atoms with van der Waals surface area (Å²) in [5.74, 6) is 0.307. The topological polar surface area (TPSA) is 46.2 Å². The molecule has 2 aliphatic rings. The van der Waals surface area contributed by atoms with Crippen molar-refractivity contribution in [1.29, 1.82) is 0 Å². The van der Waals surface area contributed by atoms with Gasteiger partial charge in [-0.05, 0) is 47.1 Å². The molecule has 0 saturated carbocycles. The standard InChI is InChI=1S/C24H23Cl2NO2/c1-13(2)14-3-5-15(6-4-14)18-12-23(29)27-21-10-17(11-22(28)24(18)21)16-7-8-19(25)20(26)9-16/h3-9,13,17-18H,10-12H2,1-2H3,(H,27,29). The van der Waals surface area contributed by atoms with E-state index < -0.39 is 0 Å². The summed E-state index contributed by atoms with van der Waals surface area (Å²) < 4.78 is 0. The van der Waals surface area contributed by atoms with Crippen molar-refractivity contribution >= 4 is 34.9 Å². The van der Waals surface area contributed by atoms with Crippen LogP contribution in [0.3, 0.4) is 0 Å². The molecule has 2 unspecified atom stereocenters. The van der Waals surface area contributed by atoms with Crippen LogP contribution in [0.1, 0.15) is 67.6 Å². The van der Waals surface area contributed by atoms with Crippen molar-refractivity contribution in [3.05, 3.63) is 80.5 Å². The molecular formula is C24H23Cl2NO2. The van der Waals surface area contributed by atoms with E-state index in [1.165, 1.54) is 5.56 Å².